The van der Waals surface area contributed by atoms with Gasteiger partial charge in [0.1, 0.15) is 0 Å². The van der Waals surface area contributed by atoms with E-state index in [-0.39, 0.29) is 17.8 Å². The van der Waals surface area contributed by atoms with Gasteiger partial charge in [-0.3, -0.25) is 19.7 Å². The quantitative estimate of drug-likeness (QED) is 0.403. The van der Waals surface area contributed by atoms with Gasteiger partial charge in [0.25, 0.3) is 11.8 Å². The number of amides is 2. The van der Waals surface area contributed by atoms with E-state index in [0.29, 0.717) is 6.42 Å². The molecule has 21 heavy (non-hydrogen) atoms. The molecule has 1 N–H and O–H groups in total. The molecule has 120 valence electrons. The first-order valence-corrected chi connectivity index (χ1v) is 7.70. The fourth-order valence-corrected chi connectivity index (χ4v) is 1.86. The number of hydrogen-bond donors (Lipinski definition) is 1. The molecular formula is C16H27NO4. The summed E-state index contributed by atoms with van der Waals surface area (Å²) in [6, 6.07) is 0. The van der Waals surface area contributed by atoms with Crippen LogP contribution in [-0.2, 0) is 19.1 Å². The highest BCUT2D eigenvalue weighted by Crippen LogP contribution is 2.09. The van der Waals surface area contributed by atoms with Crippen LogP contribution in [0.1, 0.15) is 64.7 Å². The van der Waals surface area contributed by atoms with E-state index in [0.717, 1.165) is 6.42 Å². The molecule has 0 spiro atoms. The van der Waals surface area contributed by atoms with Crippen molar-refractivity contribution in [3.05, 3.63) is 12.2 Å². The Morgan fingerprint density at radius 1 is 0.952 bits per heavy atom. The van der Waals surface area contributed by atoms with Gasteiger partial charge >= 0.3 is 5.97 Å². The molecule has 0 bridgehead atoms. The largest absolute Gasteiger partial charge is 0.469 e. The standard InChI is InChI=1S/C12H24O2.C4H3NO2/c1-3-4-5-6-7-8-9-10-11-12(13)14-2;6-3-1-2-4(7)5-3/h3-11H2,1-2H3;1-2H,(H,5,6,7). The van der Waals surface area contributed by atoms with Crippen LogP contribution in [0.3, 0.4) is 0 Å². The van der Waals surface area contributed by atoms with Crippen molar-refractivity contribution in [3.8, 4) is 0 Å². The molecule has 0 radical (unpaired) electrons. The molecular weight excluding hydrogens is 270 g/mol. The normalized spacial score (nSPS) is 12.7. The highest BCUT2D eigenvalue weighted by atomic mass is 16.5. The average molecular weight is 297 g/mol. The first kappa shape index (κ1) is 19.4. The highest BCUT2D eigenvalue weighted by molar-refractivity contribution is 6.12. The molecule has 0 unspecified atom stereocenters. The van der Waals surface area contributed by atoms with E-state index >= 15 is 0 Å². The van der Waals surface area contributed by atoms with Crippen LogP contribution in [0.25, 0.3) is 0 Å². The monoisotopic (exact) mass is 297 g/mol. The summed E-state index contributed by atoms with van der Waals surface area (Å²) in [5.41, 5.74) is 0. The zero-order valence-corrected chi connectivity index (χ0v) is 13.2. The highest BCUT2D eigenvalue weighted by Gasteiger charge is 2.06. The smallest absolute Gasteiger partial charge is 0.305 e. The number of imide groups is 1. The fourth-order valence-electron chi connectivity index (χ4n) is 1.86. The molecule has 0 aromatic rings. The summed E-state index contributed by atoms with van der Waals surface area (Å²) in [6.07, 6.45) is 13.1. The van der Waals surface area contributed by atoms with Crippen molar-refractivity contribution in [1.29, 1.82) is 0 Å². The third-order valence-electron chi connectivity index (χ3n) is 3.09. The first-order chi connectivity index (χ1) is 10.1. The first-order valence-electron chi connectivity index (χ1n) is 7.70. The molecule has 0 atom stereocenters. The number of carbonyl (C=O) groups excluding carboxylic acids is 3. The Bertz CT molecular complexity index is 334. The molecule has 1 aliphatic heterocycles. The van der Waals surface area contributed by atoms with Crippen molar-refractivity contribution in [2.75, 3.05) is 7.11 Å². The average Bonchev–Trinajstić information content (AvgIpc) is 2.85. The predicted octanol–water partition coefficient (Wildman–Crippen LogP) is 2.89. The van der Waals surface area contributed by atoms with Gasteiger partial charge in [0.2, 0.25) is 0 Å². The zero-order chi connectivity index (χ0) is 15.9. The molecule has 1 aliphatic rings. The minimum atomic E-state index is -0.329. The molecule has 0 aromatic heterocycles. The predicted molar refractivity (Wildman–Crippen MR) is 81.5 cm³/mol. The van der Waals surface area contributed by atoms with Crippen molar-refractivity contribution in [1.82, 2.24) is 5.32 Å². The van der Waals surface area contributed by atoms with Gasteiger partial charge in [-0.1, -0.05) is 51.9 Å². The van der Waals surface area contributed by atoms with E-state index in [2.05, 4.69) is 11.7 Å². The number of nitrogens with one attached hydrogen (secondary N) is 1. The van der Waals surface area contributed by atoms with E-state index in [4.69, 9.17) is 0 Å². The minimum Gasteiger partial charge on any atom is -0.469 e. The van der Waals surface area contributed by atoms with Crippen LogP contribution in [-0.4, -0.2) is 24.9 Å². The van der Waals surface area contributed by atoms with E-state index in [1.807, 2.05) is 5.32 Å². The number of methoxy groups -OCH3 is 1. The van der Waals surface area contributed by atoms with Crippen LogP contribution in [0.2, 0.25) is 0 Å². The lowest BCUT2D eigenvalue weighted by Gasteiger charge is -2.00. The maximum atomic E-state index is 10.8. The number of rotatable bonds is 9. The third kappa shape index (κ3) is 13.1. The van der Waals surface area contributed by atoms with Gasteiger partial charge in [0, 0.05) is 18.6 Å². The SMILES string of the molecule is CCCCCCCCCCC(=O)OC.O=C1C=CC(=O)N1. The third-order valence-corrected chi connectivity index (χ3v) is 3.09. The van der Waals surface area contributed by atoms with Crippen molar-refractivity contribution >= 4 is 17.8 Å². The minimum absolute atomic E-state index is 0.0732. The van der Waals surface area contributed by atoms with Crippen molar-refractivity contribution in [2.24, 2.45) is 0 Å². The number of hydrogen-bond acceptors (Lipinski definition) is 4. The second kappa shape index (κ2) is 13.3. The summed E-state index contributed by atoms with van der Waals surface area (Å²) in [7, 11) is 1.45. The van der Waals surface area contributed by atoms with Crippen LogP contribution in [0.4, 0.5) is 0 Å². The van der Waals surface area contributed by atoms with Gasteiger partial charge in [-0.15, -0.1) is 0 Å². The molecule has 2 amide bonds. The summed E-state index contributed by atoms with van der Waals surface area (Å²) in [4.78, 5) is 30.8. The number of ether oxygens (including phenoxy) is 1. The number of carbonyl (C=O) groups is 3. The lowest BCUT2D eigenvalue weighted by atomic mass is 10.1. The van der Waals surface area contributed by atoms with E-state index in [1.54, 1.807) is 0 Å². The molecule has 0 saturated carbocycles. The van der Waals surface area contributed by atoms with E-state index < -0.39 is 0 Å². The van der Waals surface area contributed by atoms with Gasteiger partial charge in [0.05, 0.1) is 7.11 Å². The van der Waals surface area contributed by atoms with Crippen LogP contribution < -0.4 is 5.32 Å². The molecule has 0 aromatic carbocycles. The molecule has 0 fully saturated rings. The molecule has 5 nitrogen and oxygen atoms in total. The van der Waals surface area contributed by atoms with Gasteiger partial charge < -0.3 is 4.74 Å². The number of unbranched alkanes of at least 4 members (excludes halogenated alkanes) is 7. The van der Waals surface area contributed by atoms with Gasteiger partial charge in [0.15, 0.2) is 0 Å². The van der Waals surface area contributed by atoms with Crippen LogP contribution in [0.15, 0.2) is 12.2 Å². The van der Waals surface area contributed by atoms with Crippen LogP contribution in [0, 0.1) is 0 Å². The van der Waals surface area contributed by atoms with Gasteiger partial charge in [-0.05, 0) is 6.42 Å². The maximum absolute atomic E-state index is 10.8. The van der Waals surface area contributed by atoms with E-state index in [1.165, 1.54) is 64.2 Å². The van der Waals surface area contributed by atoms with Crippen LogP contribution >= 0.6 is 0 Å². The lowest BCUT2D eigenvalue weighted by molar-refractivity contribution is -0.140. The Labute approximate surface area is 127 Å². The van der Waals surface area contributed by atoms with Crippen molar-refractivity contribution in [2.45, 2.75) is 64.7 Å². The Balaban J connectivity index is 0.000000471. The number of esters is 1. The van der Waals surface area contributed by atoms with E-state index in [9.17, 15) is 14.4 Å². The molecule has 0 saturated heterocycles. The van der Waals surface area contributed by atoms with Gasteiger partial charge in [-0.2, -0.15) is 0 Å². The molecule has 5 heteroatoms. The maximum Gasteiger partial charge on any atom is 0.305 e. The molecule has 1 rings (SSSR count). The zero-order valence-electron chi connectivity index (χ0n) is 13.2. The summed E-state index contributed by atoms with van der Waals surface area (Å²) < 4.78 is 4.57. The summed E-state index contributed by atoms with van der Waals surface area (Å²) in [6.45, 7) is 2.23. The Morgan fingerprint density at radius 2 is 1.43 bits per heavy atom. The molecule has 0 aliphatic carbocycles. The Hall–Kier alpha value is -1.65. The summed E-state index contributed by atoms with van der Waals surface area (Å²) >= 11 is 0. The fraction of sp³-hybridized carbons (Fsp3) is 0.688. The molecule has 1 heterocycles. The van der Waals surface area contributed by atoms with Crippen molar-refractivity contribution in [3.63, 3.8) is 0 Å². The second-order valence-corrected chi connectivity index (χ2v) is 4.99. The second-order valence-electron chi connectivity index (χ2n) is 4.99. The van der Waals surface area contributed by atoms with Crippen LogP contribution in [0.5, 0.6) is 0 Å². The van der Waals surface area contributed by atoms with Crippen molar-refractivity contribution < 1.29 is 19.1 Å². The topological polar surface area (TPSA) is 72.5 Å². The Morgan fingerprint density at radius 3 is 1.81 bits per heavy atom. The van der Waals surface area contributed by atoms with Gasteiger partial charge in [-0.25, -0.2) is 0 Å². The Kier molecular flexibility index (Phi) is 12.3. The summed E-state index contributed by atoms with van der Waals surface area (Å²) in [5, 5.41) is 2.03. The lowest BCUT2D eigenvalue weighted by Crippen LogP contribution is -2.19. The summed E-state index contributed by atoms with van der Waals surface area (Å²) in [5.74, 6) is -0.731.